The molecule has 0 atom stereocenters. The summed E-state index contributed by atoms with van der Waals surface area (Å²) in [5, 5.41) is 3.24. The Morgan fingerprint density at radius 2 is 1.95 bits per heavy atom. The average molecular weight is 255 g/mol. The van der Waals surface area contributed by atoms with Crippen molar-refractivity contribution in [3.05, 3.63) is 42.6 Å². The Labute approximate surface area is 110 Å². The second-order valence-electron chi connectivity index (χ2n) is 4.07. The number of aromatic nitrogens is 4. The predicted molar refractivity (Wildman–Crippen MR) is 71.8 cm³/mol. The van der Waals surface area contributed by atoms with Gasteiger partial charge in [-0.2, -0.15) is 4.98 Å². The van der Waals surface area contributed by atoms with E-state index in [-0.39, 0.29) is 0 Å². The molecule has 0 aliphatic carbocycles. The summed E-state index contributed by atoms with van der Waals surface area (Å²) in [4.78, 5) is 12.7. The highest BCUT2D eigenvalue weighted by Crippen LogP contribution is 2.19. The van der Waals surface area contributed by atoms with E-state index in [4.69, 9.17) is 4.74 Å². The van der Waals surface area contributed by atoms with Crippen molar-refractivity contribution in [3.8, 4) is 5.75 Å². The second kappa shape index (κ2) is 4.56. The molecule has 1 aromatic carbocycles. The zero-order chi connectivity index (χ0) is 13.2. The van der Waals surface area contributed by atoms with Crippen LogP contribution in [-0.4, -0.2) is 26.5 Å². The Kier molecular flexibility index (Phi) is 2.75. The van der Waals surface area contributed by atoms with Gasteiger partial charge in [0.25, 0.3) is 0 Å². The first-order chi connectivity index (χ1) is 9.26. The van der Waals surface area contributed by atoms with E-state index in [1.54, 1.807) is 24.0 Å². The number of benzene rings is 1. The lowest BCUT2D eigenvalue weighted by molar-refractivity contribution is 0.415. The van der Waals surface area contributed by atoms with E-state index in [2.05, 4.69) is 20.3 Å². The van der Waals surface area contributed by atoms with Crippen LogP contribution < -0.4 is 10.1 Å². The summed E-state index contributed by atoms with van der Waals surface area (Å²) in [5.74, 6) is 2.20. The van der Waals surface area contributed by atoms with Crippen molar-refractivity contribution in [2.45, 2.75) is 6.92 Å². The number of hydrogen-bond donors (Lipinski definition) is 1. The number of nitrogens with zero attached hydrogens (tertiary/aromatic N) is 4. The largest absolute Gasteiger partial charge is 0.497 e. The highest BCUT2D eigenvalue weighted by molar-refractivity contribution is 5.57. The van der Waals surface area contributed by atoms with Gasteiger partial charge in [-0.25, -0.2) is 9.97 Å². The molecule has 0 aliphatic rings. The molecule has 0 radical (unpaired) electrons. The lowest BCUT2D eigenvalue weighted by atomic mass is 10.3. The molecule has 1 N–H and O–H groups in total. The van der Waals surface area contributed by atoms with Gasteiger partial charge in [-0.05, 0) is 31.2 Å². The van der Waals surface area contributed by atoms with Crippen LogP contribution in [0, 0.1) is 6.92 Å². The van der Waals surface area contributed by atoms with Crippen LogP contribution in [0.15, 0.2) is 36.8 Å². The molecule has 0 aliphatic heterocycles. The van der Waals surface area contributed by atoms with Crippen molar-refractivity contribution in [3.63, 3.8) is 0 Å². The zero-order valence-electron chi connectivity index (χ0n) is 10.7. The fourth-order valence-corrected chi connectivity index (χ4v) is 1.82. The van der Waals surface area contributed by atoms with E-state index in [0.29, 0.717) is 11.8 Å². The predicted octanol–water partition coefficient (Wildman–Crippen LogP) is 2.18. The molecule has 0 unspecified atom stereocenters. The lowest BCUT2D eigenvalue weighted by Gasteiger charge is -2.09. The van der Waals surface area contributed by atoms with Crippen LogP contribution in [0.5, 0.6) is 5.75 Å². The van der Waals surface area contributed by atoms with Gasteiger partial charge in [0.05, 0.1) is 13.3 Å². The topological polar surface area (TPSA) is 64.3 Å². The molecule has 19 heavy (non-hydrogen) atoms. The normalized spacial score (nSPS) is 10.6. The Hall–Kier alpha value is -2.63. The molecule has 2 aromatic heterocycles. The molecule has 0 amide bonds. The molecule has 0 saturated heterocycles. The van der Waals surface area contributed by atoms with Crippen LogP contribution in [0.4, 0.5) is 11.6 Å². The van der Waals surface area contributed by atoms with Crippen LogP contribution in [0.25, 0.3) is 5.65 Å². The van der Waals surface area contributed by atoms with Crippen molar-refractivity contribution in [1.29, 1.82) is 0 Å². The standard InChI is InChI=1S/C13H13N5O/c1-9-15-12-7-14-8-18(12)13(16-9)17-10-3-5-11(19-2)6-4-10/h3-8H,1-2H3,(H,15,16,17). The maximum absolute atomic E-state index is 5.13. The number of anilines is 2. The number of imidazole rings is 1. The second-order valence-corrected chi connectivity index (χ2v) is 4.07. The Bertz CT molecular complexity index is 705. The minimum Gasteiger partial charge on any atom is -0.497 e. The van der Waals surface area contributed by atoms with E-state index in [1.807, 2.05) is 31.2 Å². The van der Waals surface area contributed by atoms with Crippen molar-refractivity contribution >= 4 is 17.3 Å². The van der Waals surface area contributed by atoms with Crippen LogP contribution >= 0.6 is 0 Å². The van der Waals surface area contributed by atoms with Crippen molar-refractivity contribution in [1.82, 2.24) is 19.4 Å². The van der Waals surface area contributed by atoms with Gasteiger partial charge in [-0.3, -0.25) is 4.40 Å². The monoisotopic (exact) mass is 255 g/mol. The highest BCUT2D eigenvalue weighted by atomic mass is 16.5. The number of hydrogen-bond acceptors (Lipinski definition) is 5. The number of aryl methyl sites for hydroxylation is 1. The van der Waals surface area contributed by atoms with E-state index in [9.17, 15) is 0 Å². The third-order valence-electron chi connectivity index (χ3n) is 2.74. The molecule has 0 bridgehead atoms. The van der Waals surface area contributed by atoms with E-state index >= 15 is 0 Å². The summed E-state index contributed by atoms with van der Waals surface area (Å²) in [7, 11) is 1.64. The Balaban J connectivity index is 1.97. The van der Waals surface area contributed by atoms with Gasteiger partial charge >= 0.3 is 0 Å². The summed E-state index contributed by atoms with van der Waals surface area (Å²) in [6.07, 6.45) is 3.38. The van der Waals surface area contributed by atoms with Crippen LogP contribution in [0.2, 0.25) is 0 Å². The van der Waals surface area contributed by atoms with Gasteiger partial charge in [0, 0.05) is 5.69 Å². The van der Waals surface area contributed by atoms with Crippen LogP contribution in [0.3, 0.4) is 0 Å². The van der Waals surface area contributed by atoms with E-state index < -0.39 is 0 Å². The number of rotatable bonds is 3. The molecule has 3 aromatic rings. The lowest BCUT2D eigenvalue weighted by Crippen LogP contribution is -2.04. The minimum absolute atomic E-state index is 0.685. The quantitative estimate of drug-likeness (QED) is 0.777. The van der Waals surface area contributed by atoms with Gasteiger partial charge in [0.15, 0.2) is 5.65 Å². The van der Waals surface area contributed by atoms with Crippen LogP contribution in [0.1, 0.15) is 5.82 Å². The van der Waals surface area contributed by atoms with Gasteiger partial charge in [-0.15, -0.1) is 0 Å². The molecule has 0 saturated carbocycles. The van der Waals surface area contributed by atoms with E-state index in [1.165, 1.54) is 0 Å². The van der Waals surface area contributed by atoms with Crippen molar-refractivity contribution in [2.75, 3.05) is 12.4 Å². The zero-order valence-corrected chi connectivity index (χ0v) is 10.7. The first-order valence-electron chi connectivity index (χ1n) is 5.84. The highest BCUT2D eigenvalue weighted by Gasteiger charge is 2.05. The summed E-state index contributed by atoms with van der Waals surface area (Å²) in [6, 6.07) is 7.64. The number of ether oxygens (including phenoxy) is 1. The molecule has 0 fully saturated rings. The fourth-order valence-electron chi connectivity index (χ4n) is 1.82. The molecule has 6 nitrogen and oxygen atoms in total. The van der Waals surface area contributed by atoms with Crippen molar-refractivity contribution in [2.24, 2.45) is 0 Å². The molecule has 6 heteroatoms. The molecule has 3 rings (SSSR count). The van der Waals surface area contributed by atoms with Crippen molar-refractivity contribution < 1.29 is 4.74 Å². The average Bonchev–Trinajstić information content (AvgIpc) is 2.88. The van der Waals surface area contributed by atoms with Gasteiger partial charge in [0.2, 0.25) is 5.95 Å². The minimum atomic E-state index is 0.685. The SMILES string of the molecule is COc1ccc(Nc2nc(C)nc3cncn23)cc1. The molecular formula is C13H13N5O. The van der Waals surface area contributed by atoms with E-state index in [0.717, 1.165) is 17.1 Å². The molecule has 0 spiro atoms. The Morgan fingerprint density at radius 3 is 2.68 bits per heavy atom. The first-order valence-corrected chi connectivity index (χ1v) is 5.84. The Morgan fingerprint density at radius 1 is 1.16 bits per heavy atom. The maximum Gasteiger partial charge on any atom is 0.216 e. The fraction of sp³-hybridized carbons (Fsp3) is 0.154. The summed E-state index contributed by atoms with van der Waals surface area (Å²) >= 11 is 0. The first kappa shape index (κ1) is 11.5. The van der Waals surface area contributed by atoms with Gasteiger partial charge < -0.3 is 10.1 Å². The third kappa shape index (κ3) is 2.20. The summed E-state index contributed by atoms with van der Waals surface area (Å²) in [5.41, 5.74) is 1.69. The molecule has 2 heterocycles. The molecular weight excluding hydrogens is 242 g/mol. The van der Waals surface area contributed by atoms with Gasteiger partial charge in [0.1, 0.15) is 17.9 Å². The summed E-state index contributed by atoms with van der Waals surface area (Å²) < 4.78 is 6.93. The number of methoxy groups -OCH3 is 1. The van der Waals surface area contributed by atoms with Gasteiger partial charge in [-0.1, -0.05) is 0 Å². The van der Waals surface area contributed by atoms with Crippen LogP contribution in [-0.2, 0) is 0 Å². The number of fused-ring (bicyclic) bond motifs is 1. The maximum atomic E-state index is 5.13. The summed E-state index contributed by atoms with van der Waals surface area (Å²) in [6.45, 7) is 1.85. The molecule has 96 valence electrons. The smallest absolute Gasteiger partial charge is 0.216 e. The number of nitrogens with one attached hydrogen (secondary N) is 1. The third-order valence-corrected chi connectivity index (χ3v) is 2.74.